The second kappa shape index (κ2) is 5.24. The van der Waals surface area contributed by atoms with Gasteiger partial charge in [-0.3, -0.25) is 0 Å². The van der Waals surface area contributed by atoms with Gasteiger partial charge in [-0.15, -0.1) is 0 Å². The Bertz CT molecular complexity index is 1120. The van der Waals surface area contributed by atoms with Crippen LogP contribution in [-0.2, 0) is 0 Å². The van der Waals surface area contributed by atoms with Gasteiger partial charge in [-0.2, -0.15) is 0 Å². The molecule has 4 aromatic rings. The molecule has 1 nitrogen and oxygen atoms in total. The van der Waals surface area contributed by atoms with Crippen molar-refractivity contribution in [3.8, 4) is 5.69 Å². The summed E-state index contributed by atoms with van der Waals surface area (Å²) in [5.41, 5.74) is 5.67. The smallest absolute Gasteiger partial charge is 0.0862 e. The number of hydrogen-bond donors (Lipinski definition) is 0. The molecule has 114 valence electrons. The minimum absolute atomic E-state index is 0.868. The number of rotatable bonds is 1. The van der Waals surface area contributed by atoms with Crippen LogP contribution in [0.5, 0.6) is 0 Å². The summed E-state index contributed by atoms with van der Waals surface area (Å²) < 4.78 is 4.05. The van der Waals surface area contributed by atoms with Gasteiger partial charge >= 0.3 is 0 Å². The minimum atomic E-state index is 0.868. The van der Waals surface area contributed by atoms with Gasteiger partial charge in [-0.05, 0) is 18.2 Å². The molecular formula is C20H11NS3. The number of hydrogen-bond acceptors (Lipinski definition) is 3. The third kappa shape index (κ3) is 1.88. The largest absolute Gasteiger partial charge is 0.309 e. The van der Waals surface area contributed by atoms with Crippen molar-refractivity contribution in [1.82, 2.24) is 4.57 Å². The van der Waals surface area contributed by atoms with Crippen LogP contribution in [0.3, 0.4) is 0 Å². The Hall–Kier alpha value is -2.01. The molecule has 4 heteroatoms. The van der Waals surface area contributed by atoms with Crippen molar-refractivity contribution < 1.29 is 0 Å². The van der Waals surface area contributed by atoms with E-state index in [0.29, 0.717) is 0 Å². The van der Waals surface area contributed by atoms with Crippen molar-refractivity contribution in [1.29, 1.82) is 0 Å². The van der Waals surface area contributed by atoms with Crippen molar-refractivity contribution >= 4 is 66.4 Å². The van der Waals surface area contributed by atoms with Gasteiger partial charge in [0.2, 0.25) is 0 Å². The first kappa shape index (κ1) is 14.3. The quantitative estimate of drug-likeness (QED) is 0.390. The molecule has 3 aromatic carbocycles. The van der Waals surface area contributed by atoms with E-state index in [-0.39, 0.29) is 0 Å². The van der Waals surface area contributed by atoms with Gasteiger partial charge in [0.05, 0.1) is 25.1 Å². The summed E-state index contributed by atoms with van der Waals surface area (Å²) in [6, 6.07) is 23.3. The van der Waals surface area contributed by atoms with Gasteiger partial charge < -0.3 is 4.57 Å². The third-order valence-corrected chi connectivity index (χ3v) is 6.19. The van der Waals surface area contributed by atoms with E-state index in [2.05, 4.69) is 71.3 Å². The van der Waals surface area contributed by atoms with E-state index in [1.807, 2.05) is 0 Å². The molecule has 0 atom stereocenters. The molecule has 1 aromatic heterocycles. The van der Waals surface area contributed by atoms with Crippen LogP contribution in [0.4, 0.5) is 0 Å². The Morgan fingerprint density at radius 1 is 0.667 bits per heavy atom. The Labute approximate surface area is 154 Å². The van der Waals surface area contributed by atoms with E-state index in [1.54, 1.807) is 0 Å². The van der Waals surface area contributed by atoms with E-state index >= 15 is 0 Å². The highest BCUT2D eigenvalue weighted by Crippen LogP contribution is 2.39. The summed E-state index contributed by atoms with van der Waals surface area (Å²) in [5.74, 6) is 0. The highest BCUT2D eigenvalue weighted by molar-refractivity contribution is 8.39. The predicted molar refractivity (Wildman–Crippen MR) is 112 cm³/mol. The van der Waals surface area contributed by atoms with Crippen LogP contribution in [0.1, 0.15) is 11.1 Å². The zero-order valence-electron chi connectivity index (χ0n) is 12.5. The maximum atomic E-state index is 5.62. The van der Waals surface area contributed by atoms with Crippen molar-refractivity contribution in [2.75, 3.05) is 0 Å². The minimum Gasteiger partial charge on any atom is -0.309 e. The van der Waals surface area contributed by atoms with Gasteiger partial charge in [0, 0.05) is 21.9 Å². The molecule has 5 rings (SSSR count). The summed E-state index contributed by atoms with van der Waals surface area (Å²) in [5, 5.41) is 2.51. The topological polar surface area (TPSA) is 4.93 Å². The zero-order valence-corrected chi connectivity index (χ0v) is 15.0. The third-order valence-electron chi connectivity index (χ3n) is 4.47. The lowest BCUT2D eigenvalue weighted by atomic mass is 10.1. The lowest BCUT2D eigenvalue weighted by Gasteiger charge is -2.12. The average Bonchev–Trinajstić information content (AvgIpc) is 3.10. The number of aromatic nitrogens is 1. The van der Waals surface area contributed by atoms with E-state index < -0.39 is 0 Å². The second-order valence-corrected chi connectivity index (χ2v) is 8.10. The number of para-hydroxylation sites is 2. The van der Waals surface area contributed by atoms with E-state index in [1.165, 1.54) is 33.6 Å². The van der Waals surface area contributed by atoms with Crippen LogP contribution in [0.25, 0.3) is 27.5 Å². The summed E-state index contributed by atoms with van der Waals surface area (Å²) in [6.45, 7) is 0. The summed E-state index contributed by atoms with van der Waals surface area (Å²) >= 11 is 12.6. The molecule has 1 aliphatic rings. The zero-order chi connectivity index (χ0) is 16.3. The first-order valence-corrected chi connectivity index (χ1v) is 9.27. The molecular weight excluding hydrogens is 350 g/mol. The Morgan fingerprint density at radius 2 is 1.29 bits per heavy atom. The van der Waals surface area contributed by atoms with Crippen LogP contribution in [-0.4, -0.2) is 13.0 Å². The van der Waals surface area contributed by atoms with E-state index in [4.69, 9.17) is 24.4 Å². The molecule has 0 bridgehead atoms. The molecule has 0 aliphatic carbocycles. The summed E-state index contributed by atoms with van der Waals surface area (Å²) in [7, 11) is 0. The Morgan fingerprint density at radius 3 is 1.96 bits per heavy atom. The molecule has 0 amide bonds. The van der Waals surface area contributed by atoms with E-state index in [0.717, 1.165) is 25.2 Å². The van der Waals surface area contributed by atoms with Crippen LogP contribution >= 0.6 is 36.2 Å². The Kier molecular flexibility index (Phi) is 3.13. The highest BCUT2D eigenvalue weighted by atomic mass is 32.2. The number of fused-ring (bicyclic) bond motifs is 4. The summed E-state index contributed by atoms with van der Waals surface area (Å²) in [4.78, 5) is 0. The molecule has 2 heterocycles. The molecule has 24 heavy (non-hydrogen) atoms. The molecule has 0 saturated carbocycles. The molecule has 0 radical (unpaired) electrons. The first-order chi connectivity index (χ1) is 11.8. The maximum Gasteiger partial charge on any atom is 0.0862 e. The van der Waals surface area contributed by atoms with Crippen molar-refractivity contribution in [2.45, 2.75) is 0 Å². The standard InChI is InChI=1S/C20H11NS3/c22-19-14-8-5-11-17(18(14)20(23)24-19)21-15-9-3-1-6-12(15)13-7-2-4-10-16(13)21/h1-11H. The second-order valence-electron chi connectivity index (χ2n) is 5.75. The van der Waals surface area contributed by atoms with Gasteiger partial charge in [-0.1, -0.05) is 84.7 Å². The fraction of sp³-hybridized carbons (Fsp3) is 0. The summed E-state index contributed by atoms with van der Waals surface area (Å²) in [6.07, 6.45) is 0. The molecule has 0 saturated heterocycles. The highest BCUT2D eigenvalue weighted by Gasteiger charge is 2.26. The van der Waals surface area contributed by atoms with Crippen LogP contribution in [0.2, 0.25) is 0 Å². The fourth-order valence-corrected chi connectivity index (χ4v) is 5.29. The normalized spacial score (nSPS) is 13.8. The number of benzene rings is 3. The monoisotopic (exact) mass is 361 g/mol. The lowest BCUT2D eigenvalue weighted by Crippen LogP contribution is -2.02. The maximum absolute atomic E-state index is 5.62. The lowest BCUT2D eigenvalue weighted by molar-refractivity contribution is 1.17. The fourth-order valence-electron chi connectivity index (χ4n) is 3.48. The Balaban J connectivity index is 1.98. The van der Waals surface area contributed by atoms with Crippen LogP contribution in [0.15, 0.2) is 66.7 Å². The van der Waals surface area contributed by atoms with Gasteiger partial charge in [0.15, 0.2) is 0 Å². The van der Waals surface area contributed by atoms with Gasteiger partial charge in [0.1, 0.15) is 0 Å². The van der Waals surface area contributed by atoms with E-state index in [9.17, 15) is 0 Å². The number of thiocarbonyl (C=S) groups is 2. The SMILES string of the molecule is S=C1SC(=S)c2c1cccc2-n1c2ccccc2c2ccccc21. The molecule has 0 spiro atoms. The van der Waals surface area contributed by atoms with Gasteiger partial charge in [-0.25, -0.2) is 0 Å². The number of nitrogens with zero attached hydrogens (tertiary/aromatic N) is 1. The van der Waals surface area contributed by atoms with Crippen molar-refractivity contribution in [3.05, 3.63) is 77.9 Å². The van der Waals surface area contributed by atoms with Gasteiger partial charge in [0.25, 0.3) is 0 Å². The van der Waals surface area contributed by atoms with Crippen molar-refractivity contribution in [3.63, 3.8) is 0 Å². The van der Waals surface area contributed by atoms with Crippen LogP contribution in [0, 0.1) is 0 Å². The molecule has 0 N–H and O–H groups in total. The molecule has 0 unspecified atom stereocenters. The predicted octanol–water partition coefficient (Wildman–Crippen LogP) is 5.88. The van der Waals surface area contributed by atoms with Crippen molar-refractivity contribution in [2.24, 2.45) is 0 Å². The average molecular weight is 362 g/mol. The molecule has 0 fully saturated rings. The first-order valence-electron chi connectivity index (χ1n) is 7.64. The molecule has 1 aliphatic heterocycles. The number of thioether (sulfide) groups is 1. The van der Waals surface area contributed by atoms with Crippen LogP contribution < -0.4 is 0 Å².